The van der Waals surface area contributed by atoms with Gasteiger partial charge in [-0.1, -0.05) is 35.9 Å². The smallest absolute Gasteiger partial charge is 0.260 e. The molecule has 5 nitrogen and oxygen atoms in total. The maximum atomic E-state index is 13.7. The van der Waals surface area contributed by atoms with Gasteiger partial charge >= 0.3 is 0 Å². The summed E-state index contributed by atoms with van der Waals surface area (Å²) in [5, 5.41) is 5.65. The summed E-state index contributed by atoms with van der Waals surface area (Å²) in [5.41, 5.74) is 2.42. The number of hydrogen-bond donors (Lipinski definition) is 2. The first-order valence-electron chi connectivity index (χ1n) is 8.53. The second kappa shape index (κ2) is 7.98. The maximum absolute atomic E-state index is 13.7. The molecular weight excluding hydrogens is 413 g/mol. The van der Waals surface area contributed by atoms with Crippen molar-refractivity contribution in [3.05, 3.63) is 83.1 Å². The average molecular weight is 426 g/mol. The van der Waals surface area contributed by atoms with Crippen LogP contribution in [0.4, 0.5) is 10.1 Å². The number of para-hydroxylation sites is 2. The zero-order valence-corrected chi connectivity index (χ0v) is 16.4. The van der Waals surface area contributed by atoms with Gasteiger partial charge in [-0.05, 0) is 54.7 Å². The van der Waals surface area contributed by atoms with E-state index in [0.717, 1.165) is 5.52 Å². The molecule has 4 rings (SSSR count). The Bertz CT molecular complexity index is 1210. The summed E-state index contributed by atoms with van der Waals surface area (Å²) in [6.45, 7) is 0. The Morgan fingerprint density at radius 3 is 2.62 bits per heavy atom. The molecule has 0 aliphatic carbocycles. The molecule has 0 fully saturated rings. The topological polar surface area (TPSA) is 67.2 Å². The third-order valence-corrected chi connectivity index (χ3v) is 4.63. The molecule has 29 heavy (non-hydrogen) atoms. The van der Waals surface area contributed by atoms with Crippen molar-refractivity contribution in [3.8, 4) is 11.5 Å². The SMILES string of the molecule is O=C(NC(=S)Nc1cc(-c2nc3ccccc3o2)ccc1Cl)c1ccccc1F. The summed E-state index contributed by atoms with van der Waals surface area (Å²) in [7, 11) is 0. The average Bonchev–Trinajstić information content (AvgIpc) is 3.14. The number of thiocarbonyl (C=S) groups is 1. The van der Waals surface area contributed by atoms with Crippen LogP contribution < -0.4 is 10.6 Å². The Morgan fingerprint density at radius 1 is 1.07 bits per heavy atom. The van der Waals surface area contributed by atoms with E-state index in [2.05, 4.69) is 15.6 Å². The van der Waals surface area contributed by atoms with Gasteiger partial charge in [0.25, 0.3) is 5.91 Å². The van der Waals surface area contributed by atoms with Gasteiger partial charge in [0.1, 0.15) is 11.3 Å². The van der Waals surface area contributed by atoms with Gasteiger partial charge in [-0.25, -0.2) is 9.37 Å². The van der Waals surface area contributed by atoms with Crippen molar-refractivity contribution in [2.45, 2.75) is 0 Å². The fourth-order valence-electron chi connectivity index (χ4n) is 2.72. The van der Waals surface area contributed by atoms with Gasteiger partial charge in [-0.3, -0.25) is 10.1 Å². The number of nitrogens with zero attached hydrogens (tertiary/aromatic N) is 1. The van der Waals surface area contributed by atoms with Gasteiger partial charge < -0.3 is 9.73 Å². The zero-order valence-electron chi connectivity index (χ0n) is 14.8. The van der Waals surface area contributed by atoms with Crippen LogP contribution in [0.3, 0.4) is 0 Å². The number of oxazole rings is 1. The molecule has 0 aliphatic rings. The molecule has 0 bridgehead atoms. The Labute approximate surface area is 175 Å². The van der Waals surface area contributed by atoms with E-state index in [4.69, 9.17) is 28.2 Å². The molecule has 1 amide bonds. The second-order valence-electron chi connectivity index (χ2n) is 6.07. The van der Waals surface area contributed by atoms with E-state index in [1.54, 1.807) is 24.3 Å². The molecule has 2 N–H and O–H groups in total. The van der Waals surface area contributed by atoms with Crippen LogP contribution in [0.15, 0.2) is 71.1 Å². The quantitative estimate of drug-likeness (QED) is 0.429. The molecule has 0 saturated heterocycles. The summed E-state index contributed by atoms with van der Waals surface area (Å²) in [6, 6.07) is 18.2. The van der Waals surface area contributed by atoms with Crippen molar-refractivity contribution >= 4 is 51.6 Å². The zero-order chi connectivity index (χ0) is 20.4. The molecule has 8 heteroatoms. The molecule has 3 aromatic carbocycles. The molecule has 1 heterocycles. The van der Waals surface area contributed by atoms with Crippen molar-refractivity contribution < 1.29 is 13.6 Å². The van der Waals surface area contributed by atoms with Crippen molar-refractivity contribution in [1.29, 1.82) is 0 Å². The van der Waals surface area contributed by atoms with Gasteiger partial charge in [-0.2, -0.15) is 0 Å². The highest BCUT2D eigenvalue weighted by Gasteiger charge is 2.14. The Kier molecular flexibility index (Phi) is 5.24. The highest BCUT2D eigenvalue weighted by molar-refractivity contribution is 7.80. The van der Waals surface area contributed by atoms with Crippen molar-refractivity contribution in [3.63, 3.8) is 0 Å². The maximum Gasteiger partial charge on any atom is 0.260 e. The standard InChI is InChI=1S/C21H13ClFN3O2S/c22-14-10-9-12(20-24-16-7-3-4-8-18(16)28-20)11-17(14)25-21(29)26-19(27)13-5-1-2-6-15(13)23/h1-11H,(H2,25,26,27,29). The highest BCUT2D eigenvalue weighted by Crippen LogP contribution is 2.30. The van der Waals surface area contributed by atoms with E-state index >= 15 is 0 Å². The number of rotatable bonds is 3. The molecule has 0 aliphatic heterocycles. The van der Waals surface area contributed by atoms with Crippen LogP contribution in [0.25, 0.3) is 22.6 Å². The molecule has 0 radical (unpaired) electrons. The Morgan fingerprint density at radius 2 is 1.83 bits per heavy atom. The summed E-state index contributed by atoms with van der Waals surface area (Å²) >= 11 is 11.4. The molecule has 0 saturated carbocycles. The van der Waals surface area contributed by atoms with Gasteiger partial charge in [0, 0.05) is 5.56 Å². The first-order chi connectivity index (χ1) is 14.0. The van der Waals surface area contributed by atoms with Gasteiger partial charge in [-0.15, -0.1) is 0 Å². The summed E-state index contributed by atoms with van der Waals surface area (Å²) in [6.07, 6.45) is 0. The lowest BCUT2D eigenvalue weighted by Crippen LogP contribution is -2.34. The number of fused-ring (bicyclic) bond motifs is 1. The number of nitrogens with one attached hydrogen (secondary N) is 2. The minimum atomic E-state index is -0.660. The van der Waals surface area contributed by atoms with Crippen LogP contribution in [0.1, 0.15) is 10.4 Å². The molecule has 144 valence electrons. The van der Waals surface area contributed by atoms with E-state index in [0.29, 0.717) is 27.7 Å². The Hall–Kier alpha value is -3.29. The largest absolute Gasteiger partial charge is 0.436 e. The minimum Gasteiger partial charge on any atom is -0.436 e. The fourth-order valence-corrected chi connectivity index (χ4v) is 3.09. The van der Waals surface area contributed by atoms with Gasteiger partial charge in [0.15, 0.2) is 10.7 Å². The van der Waals surface area contributed by atoms with Crippen LogP contribution in [0.2, 0.25) is 5.02 Å². The number of aromatic nitrogens is 1. The van der Waals surface area contributed by atoms with Gasteiger partial charge in [0.2, 0.25) is 5.89 Å². The number of benzene rings is 3. The normalized spacial score (nSPS) is 10.7. The second-order valence-corrected chi connectivity index (χ2v) is 6.88. The van der Waals surface area contributed by atoms with E-state index in [1.807, 2.05) is 24.3 Å². The van der Waals surface area contributed by atoms with Crippen LogP contribution in [0, 0.1) is 5.82 Å². The number of halogens is 2. The van der Waals surface area contributed by atoms with Crippen LogP contribution in [-0.2, 0) is 0 Å². The first kappa shape index (κ1) is 19.0. The van der Waals surface area contributed by atoms with E-state index in [-0.39, 0.29) is 10.7 Å². The predicted molar refractivity (Wildman–Crippen MR) is 115 cm³/mol. The lowest BCUT2D eigenvalue weighted by molar-refractivity contribution is 0.0974. The molecule has 0 atom stereocenters. The Balaban J connectivity index is 1.54. The number of carbonyl (C=O) groups is 1. The third kappa shape index (κ3) is 4.11. The fraction of sp³-hybridized carbons (Fsp3) is 0. The highest BCUT2D eigenvalue weighted by atomic mass is 35.5. The first-order valence-corrected chi connectivity index (χ1v) is 9.32. The lowest BCUT2D eigenvalue weighted by atomic mass is 10.2. The molecular formula is C21H13ClFN3O2S. The molecule has 0 spiro atoms. The van der Waals surface area contributed by atoms with Crippen LogP contribution in [0.5, 0.6) is 0 Å². The summed E-state index contributed by atoms with van der Waals surface area (Å²) in [4.78, 5) is 16.7. The van der Waals surface area contributed by atoms with Crippen LogP contribution >= 0.6 is 23.8 Å². The van der Waals surface area contributed by atoms with E-state index in [1.165, 1.54) is 18.2 Å². The molecule has 0 unspecified atom stereocenters. The lowest BCUT2D eigenvalue weighted by Gasteiger charge is -2.12. The predicted octanol–water partition coefficient (Wildman–Crippen LogP) is 5.41. The van der Waals surface area contributed by atoms with Crippen molar-refractivity contribution in [2.75, 3.05) is 5.32 Å². The summed E-state index contributed by atoms with van der Waals surface area (Å²) < 4.78 is 19.5. The van der Waals surface area contributed by atoms with Crippen LogP contribution in [-0.4, -0.2) is 16.0 Å². The number of amides is 1. The monoisotopic (exact) mass is 425 g/mol. The minimum absolute atomic E-state index is 0.0186. The van der Waals surface area contributed by atoms with Crippen molar-refractivity contribution in [2.24, 2.45) is 0 Å². The number of carbonyl (C=O) groups excluding carboxylic acids is 1. The number of anilines is 1. The third-order valence-electron chi connectivity index (χ3n) is 4.10. The summed E-state index contributed by atoms with van der Waals surface area (Å²) in [5.74, 6) is -0.872. The molecule has 1 aromatic heterocycles. The van der Waals surface area contributed by atoms with Crippen molar-refractivity contribution in [1.82, 2.24) is 10.3 Å². The molecule has 4 aromatic rings. The number of hydrogen-bond acceptors (Lipinski definition) is 4. The van der Waals surface area contributed by atoms with E-state index in [9.17, 15) is 9.18 Å². The van der Waals surface area contributed by atoms with Gasteiger partial charge in [0.05, 0.1) is 16.3 Å². The van der Waals surface area contributed by atoms with E-state index < -0.39 is 11.7 Å².